The summed E-state index contributed by atoms with van der Waals surface area (Å²) in [7, 11) is 0. The first-order chi connectivity index (χ1) is 8.70. The second kappa shape index (κ2) is 5.73. The number of nitrogens with one attached hydrogen (secondary N) is 1. The molecule has 2 rings (SSSR count). The lowest BCUT2D eigenvalue weighted by atomic mass is 10.3. The molecule has 0 aliphatic carbocycles. The second-order valence-corrected chi connectivity index (χ2v) is 4.45. The lowest BCUT2D eigenvalue weighted by Crippen LogP contribution is -2.49. The minimum atomic E-state index is -0.186. The van der Waals surface area contributed by atoms with E-state index in [-0.39, 0.29) is 6.03 Å². The first-order valence-electron chi connectivity index (χ1n) is 5.70. The molecular formula is C12H14ClN3O2. The Morgan fingerprint density at radius 1 is 1.22 bits per heavy atom. The van der Waals surface area contributed by atoms with Crippen molar-refractivity contribution in [3.63, 3.8) is 0 Å². The molecule has 1 fully saturated rings. The Kier molecular flexibility index (Phi) is 4.04. The van der Waals surface area contributed by atoms with E-state index in [0.717, 1.165) is 6.41 Å². The minimum Gasteiger partial charge on any atom is -0.342 e. The fraction of sp³-hybridized carbons (Fsp3) is 0.333. The molecule has 0 aromatic heterocycles. The molecule has 1 heterocycles. The summed E-state index contributed by atoms with van der Waals surface area (Å²) in [6.07, 6.45) is 0.809. The van der Waals surface area contributed by atoms with E-state index in [9.17, 15) is 9.59 Å². The molecule has 0 radical (unpaired) electrons. The van der Waals surface area contributed by atoms with Crippen molar-refractivity contribution in [2.75, 3.05) is 31.5 Å². The van der Waals surface area contributed by atoms with E-state index < -0.39 is 0 Å². The minimum absolute atomic E-state index is 0.186. The molecule has 0 saturated carbocycles. The topological polar surface area (TPSA) is 52.7 Å². The van der Waals surface area contributed by atoms with Crippen LogP contribution in [0, 0.1) is 0 Å². The molecule has 0 unspecified atom stereocenters. The average molecular weight is 268 g/mol. The SMILES string of the molecule is O=CN1CCN(C(=O)Nc2ccccc2Cl)CC1. The van der Waals surface area contributed by atoms with E-state index in [4.69, 9.17) is 11.6 Å². The predicted octanol–water partition coefficient (Wildman–Crippen LogP) is 1.65. The van der Waals surface area contributed by atoms with Crippen LogP contribution in [-0.2, 0) is 4.79 Å². The van der Waals surface area contributed by atoms with Crippen molar-refractivity contribution >= 4 is 29.7 Å². The van der Waals surface area contributed by atoms with Gasteiger partial charge in [0.1, 0.15) is 0 Å². The summed E-state index contributed by atoms with van der Waals surface area (Å²) in [5.41, 5.74) is 0.599. The zero-order valence-corrected chi connectivity index (χ0v) is 10.6. The first kappa shape index (κ1) is 12.7. The number of anilines is 1. The van der Waals surface area contributed by atoms with Crippen LogP contribution < -0.4 is 5.32 Å². The van der Waals surface area contributed by atoms with Gasteiger partial charge in [0.15, 0.2) is 0 Å². The van der Waals surface area contributed by atoms with Gasteiger partial charge in [-0.2, -0.15) is 0 Å². The van der Waals surface area contributed by atoms with Crippen molar-refractivity contribution in [3.05, 3.63) is 29.3 Å². The largest absolute Gasteiger partial charge is 0.342 e. The van der Waals surface area contributed by atoms with Crippen molar-refractivity contribution in [3.8, 4) is 0 Å². The number of urea groups is 1. The molecule has 1 aliphatic rings. The van der Waals surface area contributed by atoms with Crippen molar-refractivity contribution < 1.29 is 9.59 Å². The molecule has 0 bridgehead atoms. The van der Waals surface area contributed by atoms with Gasteiger partial charge >= 0.3 is 6.03 Å². The van der Waals surface area contributed by atoms with Gasteiger partial charge in [-0.15, -0.1) is 0 Å². The van der Waals surface area contributed by atoms with Crippen LogP contribution in [0.3, 0.4) is 0 Å². The number of halogens is 1. The number of piperazine rings is 1. The van der Waals surface area contributed by atoms with Gasteiger partial charge in [0, 0.05) is 26.2 Å². The second-order valence-electron chi connectivity index (χ2n) is 4.04. The fourth-order valence-electron chi connectivity index (χ4n) is 1.79. The van der Waals surface area contributed by atoms with Gasteiger partial charge in [-0.25, -0.2) is 4.79 Å². The van der Waals surface area contributed by atoms with Crippen LogP contribution in [0.2, 0.25) is 5.02 Å². The number of para-hydroxylation sites is 1. The Morgan fingerprint density at radius 2 is 1.89 bits per heavy atom. The van der Waals surface area contributed by atoms with Gasteiger partial charge in [-0.1, -0.05) is 23.7 Å². The highest BCUT2D eigenvalue weighted by Crippen LogP contribution is 2.20. The maximum Gasteiger partial charge on any atom is 0.322 e. The summed E-state index contributed by atoms with van der Waals surface area (Å²) < 4.78 is 0. The molecule has 5 nitrogen and oxygen atoms in total. The molecule has 1 aromatic rings. The van der Waals surface area contributed by atoms with Crippen LogP contribution in [0.1, 0.15) is 0 Å². The molecule has 0 atom stereocenters. The van der Waals surface area contributed by atoms with Crippen molar-refractivity contribution in [2.45, 2.75) is 0 Å². The van der Waals surface area contributed by atoms with Gasteiger partial charge in [0.25, 0.3) is 0 Å². The van der Waals surface area contributed by atoms with Gasteiger partial charge < -0.3 is 15.1 Å². The van der Waals surface area contributed by atoms with E-state index in [1.165, 1.54) is 0 Å². The number of carbonyl (C=O) groups is 2. The number of amides is 3. The van der Waals surface area contributed by atoms with E-state index in [0.29, 0.717) is 36.9 Å². The van der Waals surface area contributed by atoms with Crippen LogP contribution in [0.25, 0.3) is 0 Å². The van der Waals surface area contributed by atoms with E-state index in [1.807, 2.05) is 6.07 Å². The van der Waals surface area contributed by atoms with Gasteiger partial charge in [0.05, 0.1) is 10.7 Å². The Hall–Kier alpha value is -1.75. The first-order valence-corrected chi connectivity index (χ1v) is 6.08. The summed E-state index contributed by atoms with van der Waals surface area (Å²) in [6, 6.07) is 6.91. The monoisotopic (exact) mass is 267 g/mol. The number of hydrogen-bond acceptors (Lipinski definition) is 2. The fourth-order valence-corrected chi connectivity index (χ4v) is 1.97. The van der Waals surface area contributed by atoms with Crippen LogP contribution in [0.15, 0.2) is 24.3 Å². The number of hydrogen-bond donors (Lipinski definition) is 1. The van der Waals surface area contributed by atoms with Gasteiger partial charge in [-0.3, -0.25) is 4.79 Å². The third-order valence-electron chi connectivity index (χ3n) is 2.87. The molecule has 6 heteroatoms. The highest BCUT2D eigenvalue weighted by molar-refractivity contribution is 6.33. The Balaban J connectivity index is 1.93. The molecule has 1 saturated heterocycles. The van der Waals surface area contributed by atoms with Crippen LogP contribution >= 0.6 is 11.6 Å². The van der Waals surface area contributed by atoms with E-state index in [2.05, 4.69) is 5.32 Å². The number of benzene rings is 1. The van der Waals surface area contributed by atoms with E-state index in [1.54, 1.807) is 28.0 Å². The molecule has 1 N–H and O–H groups in total. The molecule has 18 heavy (non-hydrogen) atoms. The summed E-state index contributed by atoms with van der Waals surface area (Å²) in [6.45, 7) is 2.21. The average Bonchev–Trinajstić information content (AvgIpc) is 2.41. The summed E-state index contributed by atoms with van der Waals surface area (Å²) in [5, 5.41) is 3.27. The summed E-state index contributed by atoms with van der Waals surface area (Å²) in [5.74, 6) is 0. The van der Waals surface area contributed by atoms with Gasteiger partial charge in [-0.05, 0) is 12.1 Å². The lowest BCUT2D eigenvalue weighted by molar-refractivity contribution is -0.119. The van der Waals surface area contributed by atoms with Crippen LogP contribution in [0.5, 0.6) is 0 Å². The maximum absolute atomic E-state index is 12.0. The molecule has 3 amide bonds. The number of carbonyl (C=O) groups excluding carboxylic acids is 2. The Labute approximate surface area is 110 Å². The zero-order valence-electron chi connectivity index (χ0n) is 9.80. The third-order valence-corrected chi connectivity index (χ3v) is 3.20. The number of nitrogens with zero attached hydrogens (tertiary/aromatic N) is 2. The normalized spacial score (nSPS) is 15.4. The Bertz CT molecular complexity index is 445. The Morgan fingerprint density at radius 3 is 2.50 bits per heavy atom. The molecule has 0 spiro atoms. The molecule has 1 aliphatic heterocycles. The maximum atomic E-state index is 12.0. The summed E-state index contributed by atoms with van der Waals surface area (Å²) in [4.78, 5) is 25.8. The molecule has 96 valence electrons. The lowest BCUT2D eigenvalue weighted by Gasteiger charge is -2.32. The van der Waals surface area contributed by atoms with Gasteiger partial charge in [0.2, 0.25) is 6.41 Å². The standard InChI is InChI=1S/C12H14ClN3O2/c13-10-3-1-2-4-11(10)14-12(18)16-7-5-15(9-17)6-8-16/h1-4,9H,5-8H2,(H,14,18). The third kappa shape index (κ3) is 2.92. The predicted molar refractivity (Wildman–Crippen MR) is 69.7 cm³/mol. The quantitative estimate of drug-likeness (QED) is 0.829. The highest BCUT2D eigenvalue weighted by Gasteiger charge is 2.20. The van der Waals surface area contributed by atoms with E-state index >= 15 is 0 Å². The van der Waals surface area contributed by atoms with Crippen molar-refractivity contribution in [1.82, 2.24) is 9.80 Å². The summed E-state index contributed by atoms with van der Waals surface area (Å²) >= 11 is 5.97. The molecule has 1 aromatic carbocycles. The smallest absolute Gasteiger partial charge is 0.322 e. The molecular weight excluding hydrogens is 254 g/mol. The van der Waals surface area contributed by atoms with Crippen molar-refractivity contribution in [1.29, 1.82) is 0 Å². The highest BCUT2D eigenvalue weighted by atomic mass is 35.5. The number of rotatable bonds is 2. The zero-order chi connectivity index (χ0) is 13.0. The van der Waals surface area contributed by atoms with Crippen molar-refractivity contribution in [2.24, 2.45) is 0 Å². The van der Waals surface area contributed by atoms with Crippen LogP contribution in [0.4, 0.5) is 10.5 Å². The van der Waals surface area contributed by atoms with Crippen LogP contribution in [-0.4, -0.2) is 48.4 Å².